The highest BCUT2D eigenvalue weighted by atomic mass is 35.5. The van der Waals surface area contributed by atoms with Gasteiger partial charge >= 0.3 is 12.1 Å². The summed E-state index contributed by atoms with van der Waals surface area (Å²) in [5, 5.41) is 19.4. The van der Waals surface area contributed by atoms with Crippen LogP contribution in [0.25, 0.3) is 0 Å². The number of aliphatic carboxylic acids is 1. The number of alkyl halides is 3. The first kappa shape index (κ1) is 29.5. The molecule has 3 aromatic carbocycles. The Bertz CT molecular complexity index is 1300. The number of hydrogen-bond acceptors (Lipinski definition) is 5. The molecule has 0 aliphatic carbocycles. The van der Waals surface area contributed by atoms with E-state index >= 15 is 0 Å². The number of anilines is 1. The van der Waals surface area contributed by atoms with Gasteiger partial charge in [0.05, 0.1) is 16.7 Å². The van der Waals surface area contributed by atoms with Crippen molar-refractivity contribution in [1.29, 1.82) is 5.26 Å². The van der Waals surface area contributed by atoms with Crippen LogP contribution in [0.15, 0.2) is 72.8 Å². The predicted octanol–water partition coefficient (Wildman–Crippen LogP) is 6.14. The monoisotopic (exact) mass is 559 g/mol. The van der Waals surface area contributed by atoms with Crippen molar-refractivity contribution in [1.82, 2.24) is 4.90 Å². The van der Waals surface area contributed by atoms with E-state index in [0.717, 1.165) is 32.5 Å². The van der Waals surface area contributed by atoms with E-state index < -0.39 is 12.1 Å². The zero-order valence-corrected chi connectivity index (χ0v) is 21.4. The van der Waals surface area contributed by atoms with Crippen LogP contribution in [-0.2, 0) is 11.3 Å². The normalized spacial score (nSPS) is 13.9. The van der Waals surface area contributed by atoms with Gasteiger partial charge in [-0.3, -0.25) is 9.69 Å². The van der Waals surface area contributed by atoms with Gasteiger partial charge in [0.25, 0.3) is 5.91 Å². The second-order valence-electron chi connectivity index (χ2n) is 8.67. The maximum Gasteiger partial charge on any atom is 0.490 e. The lowest BCUT2D eigenvalue weighted by molar-refractivity contribution is -0.192. The molecular weight excluding hydrogens is 535 g/mol. The molecule has 0 saturated carbocycles. The summed E-state index contributed by atoms with van der Waals surface area (Å²) in [6.07, 6.45) is -3.15. The van der Waals surface area contributed by atoms with Gasteiger partial charge in [0, 0.05) is 30.9 Å². The molecule has 1 aliphatic rings. The van der Waals surface area contributed by atoms with Gasteiger partial charge in [0.2, 0.25) is 0 Å². The van der Waals surface area contributed by atoms with Crippen molar-refractivity contribution in [2.24, 2.45) is 0 Å². The highest BCUT2D eigenvalue weighted by Gasteiger charge is 2.38. The van der Waals surface area contributed by atoms with Crippen molar-refractivity contribution < 1.29 is 32.6 Å². The van der Waals surface area contributed by atoms with E-state index in [1.54, 1.807) is 18.2 Å². The number of carboxylic acids is 1. The first-order chi connectivity index (χ1) is 18.5. The number of nitriles is 1. The number of hydrogen-bond donors (Lipinski definition) is 2. The molecule has 4 rings (SSSR count). The number of amides is 1. The first-order valence-corrected chi connectivity index (χ1v) is 12.3. The van der Waals surface area contributed by atoms with Crippen molar-refractivity contribution in [2.75, 3.05) is 18.4 Å². The summed E-state index contributed by atoms with van der Waals surface area (Å²) < 4.78 is 37.9. The summed E-state index contributed by atoms with van der Waals surface area (Å²) in [6.45, 7) is 2.75. The minimum atomic E-state index is -5.08. The summed E-state index contributed by atoms with van der Waals surface area (Å²) in [7, 11) is 0. The highest BCUT2D eigenvalue weighted by Crippen LogP contribution is 2.30. The average Bonchev–Trinajstić information content (AvgIpc) is 2.92. The Morgan fingerprint density at radius 1 is 1.05 bits per heavy atom. The lowest BCUT2D eigenvalue weighted by atomic mass is 10.1. The molecule has 1 aliphatic heterocycles. The second kappa shape index (κ2) is 13.6. The minimum absolute atomic E-state index is 0.106. The third-order valence-electron chi connectivity index (χ3n) is 5.79. The molecule has 1 fully saturated rings. The molecule has 0 spiro atoms. The van der Waals surface area contributed by atoms with Crippen LogP contribution in [-0.4, -0.2) is 47.3 Å². The average molecular weight is 560 g/mol. The van der Waals surface area contributed by atoms with Gasteiger partial charge in [0.15, 0.2) is 0 Å². The number of carbonyl (C=O) groups excluding carboxylic acids is 1. The van der Waals surface area contributed by atoms with Gasteiger partial charge < -0.3 is 15.2 Å². The fourth-order valence-electron chi connectivity index (χ4n) is 3.77. The zero-order chi connectivity index (χ0) is 28.4. The molecule has 3 aromatic rings. The number of halogens is 4. The number of rotatable bonds is 6. The lowest BCUT2D eigenvalue weighted by Crippen LogP contribution is -2.37. The lowest BCUT2D eigenvalue weighted by Gasteiger charge is -2.32. The van der Waals surface area contributed by atoms with Crippen molar-refractivity contribution >= 4 is 29.2 Å². The number of likely N-dealkylation sites (tertiary alicyclic amines) is 1. The summed E-state index contributed by atoms with van der Waals surface area (Å²) in [6, 6.07) is 24.3. The fourth-order valence-corrected chi connectivity index (χ4v) is 4.00. The highest BCUT2D eigenvalue weighted by molar-refractivity contribution is 6.32. The molecule has 11 heteroatoms. The van der Waals surface area contributed by atoms with Crippen molar-refractivity contribution in [3.05, 3.63) is 94.5 Å². The van der Waals surface area contributed by atoms with Crippen LogP contribution in [0.4, 0.5) is 18.9 Å². The van der Waals surface area contributed by atoms with Crippen LogP contribution in [0.1, 0.15) is 34.3 Å². The molecule has 0 aromatic heterocycles. The van der Waals surface area contributed by atoms with Crippen LogP contribution in [0.3, 0.4) is 0 Å². The van der Waals surface area contributed by atoms with Gasteiger partial charge in [-0.05, 0) is 60.9 Å². The molecule has 0 atom stereocenters. The maximum atomic E-state index is 12.3. The molecule has 204 valence electrons. The van der Waals surface area contributed by atoms with E-state index in [2.05, 4.69) is 16.3 Å². The van der Waals surface area contributed by atoms with Crippen LogP contribution >= 0.6 is 11.6 Å². The third kappa shape index (κ3) is 9.32. The molecule has 0 unspecified atom stereocenters. The van der Waals surface area contributed by atoms with Gasteiger partial charge in [-0.15, -0.1) is 0 Å². The standard InChI is InChI=1S/C26H24ClN3O2.C2HF3O2/c27-24-16-22(29-26(31)21-4-2-1-3-5-21)10-11-25(24)32-23-12-14-30(15-13-23)18-20-8-6-19(17-28)7-9-20;3-2(4,5)1(6)7/h1-11,16,23H,12-15,18H2,(H,29,31);(H,6,7). The largest absolute Gasteiger partial charge is 0.490 e. The number of ether oxygens (including phenoxy) is 1. The molecule has 1 saturated heterocycles. The van der Waals surface area contributed by atoms with Gasteiger partial charge in [-0.2, -0.15) is 18.4 Å². The van der Waals surface area contributed by atoms with Crippen molar-refractivity contribution in [3.63, 3.8) is 0 Å². The smallest absolute Gasteiger partial charge is 0.489 e. The fraction of sp³-hybridized carbons (Fsp3) is 0.250. The number of benzene rings is 3. The second-order valence-corrected chi connectivity index (χ2v) is 9.08. The van der Waals surface area contributed by atoms with Crippen molar-refractivity contribution in [2.45, 2.75) is 31.7 Å². The minimum Gasteiger partial charge on any atom is -0.489 e. The molecule has 2 N–H and O–H groups in total. The number of carboxylic acid groups (broad SMARTS) is 1. The molecule has 0 bridgehead atoms. The van der Waals surface area contributed by atoms with Crippen LogP contribution in [0, 0.1) is 11.3 Å². The molecular formula is C28H25ClF3N3O4. The van der Waals surface area contributed by atoms with Gasteiger partial charge in [0.1, 0.15) is 11.9 Å². The summed E-state index contributed by atoms with van der Waals surface area (Å²) in [4.78, 5) is 23.6. The summed E-state index contributed by atoms with van der Waals surface area (Å²) in [5.74, 6) is -2.30. The van der Waals surface area contributed by atoms with E-state index in [9.17, 15) is 18.0 Å². The van der Waals surface area contributed by atoms with Crippen LogP contribution < -0.4 is 10.1 Å². The molecule has 0 radical (unpaired) electrons. The number of nitrogens with zero attached hydrogens (tertiary/aromatic N) is 2. The summed E-state index contributed by atoms with van der Waals surface area (Å²) in [5.41, 5.74) is 3.12. The van der Waals surface area contributed by atoms with E-state index in [-0.39, 0.29) is 12.0 Å². The topological polar surface area (TPSA) is 103 Å². The Labute approximate surface area is 228 Å². The predicted molar refractivity (Wildman–Crippen MR) is 140 cm³/mol. The number of carbonyl (C=O) groups is 2. The molecule has 1 amide bonds. The zero-order valence-electron chi connectivity index (χ0n) is 20.6. The van der Waals surface area contributed by atoms with E-state index in [1.165, 1.54) is 5.56 Å². The Kier molecular flexibility index (Phi) is 10.3. The van der Waals surface area contributed by atoms with Gasteiger partial charge in [-0.1, -0.05) is 41.9 Å². The molecule has 39 heavy (non-hydrogen) atoms. The third-order valence-corrected chi connectivity index (χ3v) is 6.08. The Balaban J connectivity index is 0.000000532. The number of nitrogens with one attached hydrogen (secondary N) is 1. The van der Waals surface area contributed by atoms with Crippen LogP contribution in [0.5, 0.6) is 5.75 Å². The van der Waals surface area contributed by atoms with E-state index in [1.807, 2.05) is 54.6 Å². The Hall–Kier alpha value is -4.07. The summed E-state index contributed by atoms with van der Waals surface area (Å²) >= 11 is 6.43. The van der Waals surface area contributed by atoms with Gasteiger partial charge in [-0.25, -0.2) is 4.79 Å². The number of piperidine rings is 1. The Morgan fingerprint density at radius 2 is 1.67 bits per heavy atom. The maximum absolute atomic E-state index is 12.3. The first-order valence-electron chi connectivity index (χ1n) is 11.9. The van der Waals surface area contributed by atoms with Crippen molar-refractivity contribution in [3.8, 4) is 11.8 Å². The van der Waals surface area contributed by atoms with E-state index in [4.69, 9.17) is 31.5 Å². The Morgan fingerprint density at radius 3 is 2.21 bits per heavy atom. The van der Waals surface area contributed by atoms with E-state index in [0.29, 0.717) is 27.6 Å². The molecule has 7 nitrogen and oxygen atoms in total. The van der Waals surface area contributed by atoms with Crippen LogP contribution in [0.2, 0.25) is 5.02 Å². The molecule has 1 heterocycles. The quantitative estimate of drug-likeness (QED) is 0.376. The SMILES string of the molecule is N#Cc1ccc(CN2CCC(Oc3ccc(NC(=O)c4ccccc4)cc3Cl)CC2)cc1.O=C(O)C(F)(F)F.